The second-order valence-electron chi connectivity index (χ2n) is 4.97. The number of nitrogens with zero attached hydrogens (tertiary/aromatic N) is 1. The van der Waals surface area contributed by atoms with Crippen molar-refractivity contribution in [1.82, 2.24) is 4.40 Å². The maximum absolute atomic E-state index is 14.0. The lowest BCUT2D eigenvalue weighted by Gasteiger charge is -2.19. The Balaban J connectivity index is 2.26. The Bertz CT molecular complexity index is 1050. The van der Waals surface area contributed by atoms with Gasteiger partial charge in [0, 0.05) is 0 Å². The lowest BCUT2D eigenvalue weighted by molar-refractivity contribution is 0.0527. The molecule has 23 heavy (non-hydrogen) atoms. The van der Waals surface area contributed by atoms with Gasteiger partial charge >= 0.3 is 5.97 Å². The molecule has 1 aromatic carbocycles. The standard InChI is InChI=1S/C15H9F2NO4S/c1-2-21-15(20)10-13(19)6-3-8(16)11(17)7-4-22-9-5-23-14(10)18(9)12(6)7/h3,5H,2,4H2,1H3. The van der Waals surface area contributed by atoms with E-state index >= 15 is 0 Å². The van der Waals surface area contributed by atoms with Crippen LogP contribution >= 0.6 is 11.3 Å². The van der Waals surface area contributed by atoms with Crippen LogP contribution in [0, 0.1) is 11.6 Å². The zero-order valence-corrected chi connectivity index (χ0v) is 12.6. The van der Waals surface area contributed by atoms with Gasteiger partial charge in [-0.25, -0.2) is 13.6 Å². The van der Waals surface area contributed by atoms with Crippen molar-refractivity contribution in [3.8, 4) is 5.88 Å². The quantitative estimate of drug-likeness (QED) is 0.675. The number of esters is 1. The normalized spacial score (nSPS) is 12.8. The van der Waals surface area contributed by atoms with Gasteiger partial charge in [0.15, 0.2) is 11.6 Å². The fourth-order valence-corrected chi connectivity index (χ4v) is 3.75. The van der Waals surface area contributed by atoms with Crippen LogP contribution in [0.1, 0.15) is 22.8 Å². The highest BCUT2D eigenvalue weighted by Gasteiger charge is 2.29. The van der Waals surface area contributed by atoms with Crippen LogP contribution in [0.4, 0.5) is 8.78 Å². The average molecular weight is 337 g/mol. The van der Waals surface area contributed by atoms with Crippen molar-refractivity contribution < 1.29 is 23.0 Å². The summed E-state index contributed by atoms with van der Waals surface area (Å²) < 4.78 is 39.7. The molecular weight excluding hydrogens is 328 g/mol. The Morgan fingerprint density at radius 1 is 1.48 bits per heavy atom. The first-order valence-electron chi connectivity index (χ1n) is 6.81. The number of carbonyl (C=O) groups excluding carboxylic acids is 1. The molecule has 0 radical (unpaired) electrons. The number of rotatable bonds is 2. The SMILES string of the molecule is CCOC(=O)c1c(=O)c2cc(F)c(F)c3c2n2c(csc12)OC3. The first kappa shape index (κ1) is 14.1. The smallest absolute Gasteiger partial charge is 0.345 e. The Morgan fingerprint density at radius 3 is 3.00 bits per heavy atom. The van der Waals surface area contributed by atoms with Crippen LogP contribution in [0.5, 0.6) is 5.88 Å². The van der Waals surface area contributed by atoms with E-state index in [-0.39, 0.29) is 35.2 Å². The summed E-state index contributed by atoms with van der Waals surface area (Å²) in [6.45, 7) is 1.54. The third kappa shape index (κ3) is 1.75. The monoisotopic (exact) mass is 337 g/mol. The number of carbonyl (C=O) groups is 1. The van der Waals surface area contributed by atoms with E-state index in [1.807, 2.05) is 0 Å². The Morgan fingerprint density at radius 2 is 2.26 bits per heavy atom. The molecule has 0 aliphatic carbocycles. The highest BCUT2D eigenvalue weighted by Crippen LogP contribution is 2.36. The Kier molecular flexibility index (Phi) is 2.92. The highest BCUT2D eigenvalue weighted by atomic mass is 32.1. The summed E-state index contributed by atoms with van der Waals surface area (Å²) in [7, 11) is 0. The van der Waals surface area contributed by atoms with Crippen molar-refractivity contribution in [1.29, 1.82) is 0 Å². The van der Waals surface area contributed by atoms with Crippen LogP contribution in [0.15, 0.2) is 16.2 Å². The average Bonchev–Trinajstić information content (AvgIpc) is 2.94. The molecule has 0 spiro atoms. The van der Waals surface area contributed by atoms with E-state index in [1.165, 1.54) is 4.40 Å². The molecule has 8 heteroatoms. The third-order valence-corrected chi connectivity index (χ3v) is 4.66. The number of aromatic nitrogens is 1. The van der Waals surface area contributed by atoms with Crippen LogP contribution in [0.2, 0.25) is 0 Å². The first-order chi connectivity index (χ1) is 11.0. The minimum absolute atomic E-state index is 0.0339. The molecule has 3 heterocycles. The number of hydrogen-bond acceptors (Lipinski definition) is 5. The van der Waals surface area contributed by atoms with Crippen molar-refractivity contribution in [2.24, 2.45) is 0 Å². The Labute approximate surface area is 131 Å². The van der Waals surface area contributed by atoms with Gasteiger partial charge in [0.05, 0.1) is 28.5 Å². The molecule has 5 nitrogen and oxygen atoms in total. The molecule has 0 unspecified atom stereocenters. The van der Waals surface area contributed by atoms with Gasteiger partial charge in [-0.05, 0) is 13.0 Å². The van der Waals surface area contributed by atoms with Gasteiger partial charge in [-0.3, -0.25) is 9.20 Å². The largest absolute Gasteiger partial charge is 0.473 e. The molecular formula is C15H9F2NO4S. The number of halogens is 2. The van der Waals surface area contributed by atoms with Crippen molar-refractivity contribution >= 4 is 33.0 Å². The van der Waals surface area contributed by atoms with Gasteiger partial charge in [0.2, 0.25) is 11.3 Å². The van der Waals surface area contributed by atoms with Crippen molar-refractivity contribution in [2.45, 2.75) is 13.5 Å². The van der Waals surface area contributed by atoms with E-state index in [9.17, 15) is 18.4 Å². The molecule has 1 aliphatic rings. The molecule has 0 atom stereocenters. The van der Waals surface area contributed by atoms with E-state index in [4.69, 9.17) is 9.47 Å². The van der Waals surface area contributed by atoms with Gasteiger partial charge in [-0.15, -0.1) is 11.3 Å². The second kappa shape index (κ2) is 4.76. The molecule has 2 aromatic heterocycles. The number of ether oxygens (including phenoxy) is 2. The summed E-state index contributed by atoms with van der Waals surface area (Å²) in [6, 6.07) is 0.818. The van der Waals surface area contributed by atoms with E-state index in [0.717, 1.165) is 17.4 Å². The molecule has 1 aliphatic heterocycles. The van der Waals surface area contributed by atoms with Crippen molar-refractivity contribution in [3.05, 3.63) is 44.4 Å². The predicted molar refractivity (Wildman–Crippen MR) is 79.3 cm³/mol. The van der Waals surface area contributed by atoms with E-state index in [2.05, 4.69) is 0 Å². The van der Waals surface area contributed by atoms with Gasteiger partial charge in [-0.2, -0.15) is 0 Å². The number of pyridine rings is 1. The van der Waals surface area contributed by atoms with Gasteiger partial charge in [0.25, 0.3) is 0 Å². The summed E-state index contributed by atoms with van der Waals surface area (Å²) in [4.78, 5) is 25.1. The highest BCUT2D eigenvalue weighted by molar-refractivity contribution is 7.16. The fraction of sp³-hybridized carbons (Fsp3) is 0.200. The molecule has 4 rings (SSSR count). The lowest BCUT2D eigenvalue weighted by atomic mass is 10.1. The summed E-state index contributed by atoms with van der Waals surface area (Å²) in [5.41, 5.74) is -0.667. The fourth-order valence-electron chi connectivity index (χ4n) is 2.78. The molecule has 0 fully saturated rings. The maximum atomic E-state index is 14.0. The Hall–Kier alpha value is -2.48. The molecule has 118 valence electrons. The van der Waals surface area contributed by atoms with Gasteiger partial charge < -0.3 is 9.47 Å². The molecule has 3 aromatic rings. The zero-order chi connectivity index (χ0) is 16.3. The van der Waals surface area contributed by atoms with E-state index < -0.39 is 23.0 Å². The van der Waals surface area contributed by atoms with E-state index in [0.29, 0.717) is 10.7 Å². The van der Waals surface area contributed by atoms with Gasteiger partial charge in [0.1, 0.15) is 17.0 Å². The number of thiazole rings is 1. The third-order valence-electron chi connectivity index (χ3n) is 3.73. The molecule has 0 saturated heterocycles. The maximum Gasteiger partial charge on any atom is 0.345 e. The van der Waals surface area contributed by atoms with Crippen LogP contribution in [0.3, 0.4) is 0 Å². The van der Waals surface area contributed by atoms with Crippen molar-refractivity contribution in [2.75, 3.05) is 6.61 Å². The number of hydrogen-bond donors (Lipinski definition) is 0. The first-order valence-corrected chi connectivity index (χ1v) is 7.69. The molecule has 0 saturated carbocycles. The van der Waals surface area contributed by atoms with E-state index in [1.54, 1.807) is 12.3 Å². The van der Waals surface area contributed by atoms with Crippen LogP contribution < -0.4 is 10.2 Å². The van der Waals surface area contributed by atoms with Gasteiger partial charge in [-0.1, -0.05) is 0 Å². The molecule has 0 bridgehead atoms. The minimum atomic E-state index is -1.15. The molecule has 0 amide bonds. The lowest BCUT2D eigenvalue weighted by Crippen LogP contribution is -2.22. The minimum Gasteiger partial charge on any atom is -0.473 e. The van der Waals surface area contributed by atoms with Crippen LogP contribution in [0.25, 0.3) is 15.7 Å². The number of benzene rings is 1. The second-order valence-corrected chi connectivity index (χ2v) is 5.83. The topological polar surface area (TPSA) is 57.0 Å². The predicted octanol–water partition coefficient (Wildman–Crippen LogP) is 2.86. The van der Waals surface area contributed by atoms with Crippen molar-refractivity contribution in [3.63, 3.8) is 0 Å². The molecule has 0 N–H and O–H groups in total. The van der Waals surface area contributed by atoms with Crippen LogP contribution in [-0.2, 0) is 11.3 Å². The summed E-state index contributed by atoms with van der Waals surface area (Å²) in [5.74, 6) is -2.62. The summed E-state index contributed by atoms with van der Waals surface area (Å²) in [6.07, 6.45) is 0. The van der Waals surface area contributed by atoms with Crippen LogP contribution in [-0.4, -0.2) is 17.0 Å². The summed E-state index contributed by atoms with van der Waals surface area (Å²) >= 11 is 1.11. The summed E-state index contributed by atoms with van der Waals surface area (Å²) in [5, 5.41) is 1.55. The zero-order valence-electron chi connectivity index (χ0n) is 11.8.